The van der Waals surface area contributed by atoms with E-state index in [0.29, 0.717) is 10.9 Å². The van der Waals surface area contributed by atoms with Gasteiger partial charge in [-0.3, -0.25) is 4.99 Å². The molecule has 5 heteroatoms. The van der Waals surface area contributed by atoms with Gasteiger partial charge in [-0.15, -0.1) is 0 Å². The molecule has 4 nitrogen and oxygen atoms in total. The summed E-state index contributed by atoms with van der Waals surface area (Å²) in [5.74, 6) is 2.20. The minimum absolute atomic E-state index is 0.351. The Labute approximate surface area is 121 Å². The predicted molar refractivity (Wildman–Crippen MR) is 83.1 cm³/mol. The third kappa shape index (κ3) is 4.88. The van der Waals surface area contributed by atoms with Gasteiger partial charge < -0.3 is 15.4 Å². The second-order valence-corrected chi connectivity index (χ2v) is 7.38. The Morgan fingerprint density at radius 2 is 2.26 bits per heavy atom. The molecule has 0 aromatic rings. The molecule has 2 atom stereocenters. The lowest BCUT2D eigenvalue weighted by Crippen LogP contribution is -2.46. The lowest BCUT2D eigenvalue weighted by molar-refractivity contribution is 0.0194. The molecule has 0 aliphatic carbocycles. The number of rotatable bonds is 4. The molecule has 0 aromatic heterocycles. The molecule has 2 aliphatic rings. The molecule has 110 valence electrons. The largest absolute Gasteiger partial charge is 0.376 e. The van der Waals surface area contributed by atoms with E-state index in [2.05, 4.69) is 34.3 Å². The predicted octanol–water partition coefficient (Wildman–Crippen LogP) is 2.01. The number of thioether (sulfide) groups is 1. The van der Waals surface area contributed by atoms with Crippen LogP contribution in [0.25, 0.3) is 0 Å². The number of guanidine groups is 1. The quantitative estimate of drug-likeness (QED) is 0.613. The van der Waals surface area contributed by atoms with E-state index in [-0.39, 0.29) is 0 Å². The number of hydrogen-bond donors (Lipinski definition) is 2. The molecule has 0 bridgehead atoms. The number of aliphatic imine (C=N–C) groups is 1. The summed E-state index contributed by atoms with van der Waals surface area (Å²) in [5, 5.41) is 6.84. The first kappa shape index (κ1) is 15.0. The summed E-state index contributed by atoms with van der Waals surface area (Å²) in [5.41, 5.74) is 0. The van der Waals surface area contributed by atoms with E-state index >= 15 is 0 Å². The smallest absolute Gasteiger partial charge is 0.191 e. The van der Waals surface area contributed by atoms with Crippen molar-refractivity contribution in [3.05, 3.63) is 0 Å². The monoisotopic (exact) mass is 285 g/mol. The van der Waals surface area contributed by atoms with Crippen LogP contribution in [0.4, 0.5) is 0 Å². The Kier molecular flexibility index (Phi) is 5.82. The second-order valence-electron chi connectivity index (χ2n) is 5.70. The zero-order chi connectivity index (χ0) is 13.6. The first-order valence-corrected chi connectivity index (χ1v) is 8.40. The van der Waals surface area contributed by atoms with Crippen molar-refractivity contribution in [1.82, 2.24) is 10.6 Å². The van der Waals surface area contributed by atoms with Crippen molar-refractivity contribution in [2.45, 2.75) is 49.9 Å². The van der Waals surface area contributed by atoms with Crippen LogP contribution >= 0.6 is 11.8 Å². The van der Waals surface area contributed by atoms with Crippen molar-refractivity contribution in [2.24, 2.45) is 4.99 Å². The van der Waals surface area contributed by atoms with Crippen molar-refractivity contribution >= 4 is 17.7 Å². The van der Waals surface area contributed by atoms with Gasteiger partial charge in [-0.05, 0) is 44.8 Å². The van der Waals surface area contributed by atoms with Gasteiger partial charge in [-0.1, -0.05) is 0 Å². The zero-order valence-electron chi connectivity index (χ0n) is 12.2. The highest BCUT2D eigenvalue weighted by Gasteiger charge is 2.29. The lowest BCUT2D eigenvalue weighted by Gasteiger charge is -2.26. The van der Waals surface area contributed by atoms with Crippen LogP contribution in [0.1, 0.15) is 39.0 Å². The van der Waals surface area contributed by atoms with Gasteiger partial charge in [0.1, 0.15) is 0 Å². The maximum Gasteiger partial charge on any atom is 0.191 e. The molecule has 0 radical (unpaired) electrons. The third-order valence-electron chi connectivity index (χ3n) is 3.93. The molecule has 2 heterocycles. The Hall–Kier alpha value is -0.420. The van der Waals surface area contributed by atoms with E-state index in [1.807, 2.05) is 7.05 Å². The maximum atomic E-state index is 5.72. The molecule has 2 aliphatic heterocycles. The molecule has 0 saturated carbocycles. The van der Waals surface area contributed by atoms with Gasteiger partial charge in [0.2, 0.25) is 0 Å². The summed E-state index contributed by atoms with van der Waals surface area (Å²) in [6.45, 7) is 5.11. The molecule has 2 unspecified atom stereocenters. The molecular weight excluding hydrogens is 258 g/mol. The van der Waals surface area contributed by atoms with Gasteiger partial charge in [0.15, 0.2) is 5.96 Å². The average Bonchev–Trinajstić information content (AvgIpc) is 2.87. The number of ether oxygens (including phenoxy) is 1. The van der Waals surface area contributed by atoms with Crippen LogP contribution in [0.15, 0.2) is 4.99 Å². The molecular formula is C14H27N3OS. The Balaban J connectivity index is 1.68. The van der Waals surface area contributed by atoms with Gasteiger partial charge >= 0.3 is 0 Å². The highest BCUT2D eigenvalue weighted by molar-refractivity contribution is 8.00. The first-order chi connectivity index (χ1) is 9.22. The average molecular weight is 285 g/mol. The molecule has 2 saturated heterocycles. The molecule has 2 N–H and O–H groups in total. The van der Waals surface area contributed by atoms with Crippen molar-refractivity contribution < 1.29 is 4.74 Å². The van der Waals surface area contributed by atoms with Gasteiger partial charge in [-0.25, -0.2) is 0 Å². The van der Waals surface area contributed by atoms with E-state index in [1.54, 1.807) is 0 Å². The van der Waals surface area contributed by atoms with Crippen LogP contribution in [-0.2, 0) is 4.74 Å². The minimum Gasteiger partial charge on any atom is -0.376 e. The van der Waals surface area contributed by atoms with Gasteiger partial charge in [-0.2, -0.15) is 11.8 Å². The van der Waals surface area contributed by atoms with Crippen molar-refractivity contribution in [1.29, 1.82) is 0 Å². The summed E-state index contributed by atoms with van der Waals surface area (Å²) < 4.78 is 6.10. The van der Waals surface area contributed by atoms with Crippen molar-refractivity contribution in [3.63, 3.8) is 0 Å². The van der Waals surface area contributed by atoms with E-state index in [1.165, 1.54) is 31.4 Å². The van der Waals surface area contributed by atoms with Crippen molar-refractivity contribution in [3.8, 4) is 0 Å². The minimum atomic E-state index is 0.351. The van der Waals surface area contributed by atoms with Crippen LogP contribution < -0.4 is 10.6 Å². The summed E-state index contributed by atoms with van der Waals surface area (Å²) in [7, 11) is 1.83. The van der Waals surface area contributed by atoms with Gasteiger partial charge in [0.25, 0.3) is 0 Å². The molecule has 19 heavy (non-hydrogen) atoms. The fourth-order valence-electron chi connectivity index (χ4n) is 2.65. The molecule has 0 amide bonds. The topological polar surface area (TPSA) is 45.7 Å². The maximum absolute atomic E-state index is 5.72. The van der Waals surface area contributed by atoms with Gasteiger partial charge in [0, 0.05) is 31.5 Å². The fourth-order valence-corrected chi connectivity index (χ4v) is 3.89. The molecule has 2 rings (SSSR count). The van der Waals surface area contributed by atoms with Crippen LogP contribution in [0.5, 0.6) is 0 Å². The summed E-state index contributed by atoms with van der Waals surface area (Å²) in [6, 6.07) is 0. The fraction of sp³-hybridized carbons (Fsp3) is 0.929. The number of nitrogens with zero attached hydrogens (tertiary/aromatic N) is 1. The summed E-state index contributed by atoms with van der Waals surface area (Å²) >= 11 is 2.07. The highest BCUT2D eigenvalue weighted by atomic mass is 32.2. The second kappa shape index (κ2) is 7.39. The van der Waals surface area contributed by atoms with E-state index in [0.717, 1.165) is 32.1 Å². The lowest BCUT2D eigenvalue weighted by atomic mass is 10.1. The summed E-state index contributed by atoms with van der Waals surface area (Å²) in [6.07, 6.45) is 6.64. The number of nitrogens with one attached hydrogen (secondary N) is 2. The normalized spacial score (nSPS) is 32.3. The van der Waals surface area contributed by atoms with E-state index < -0.39 is 0 Å². The van der Waals surface area contributed by atoms with Crippen LogP contribution in [0.2, 0.25) is 0 Å². The standard InChI is InChI=1S/C14H27N3OS/c1-14(7-5-9-19-14)11-17-13(15-2)16-10-12-6-3-4-8-18-12/h12H,3-11H2,1-2H3,(H2,15,16,17). The third-order valence-corrected chi connectivity index (χ3v) is 5.46. The Morgan fingerprint density at radius 1 is 1.37 bits per heavy atom. The van der Waals surface area contributed by atoms with Crippen LogP contribution in [0.3, 0.4) is 0 Å². The van der Waals surface area contributed by atoms with E-state index in [4.69, 9.17) is 4.74 Å². The SMILES string of the molecule is CN=C(NCC1CCCCO1)NCC1(C)CCCS1. The zero-order valence-corrected chi connectivity index (χ0v) is 13.0. The first-order valence-electron chi connectivity index (χ1n) is 7.42. The Morgan fingerprint density at radius 3 is 2.89 bits per heavy atom. The molecule has 2 fully saturated rings. The van der Waals surface area contributed by atoms with Crippen molar-refractivity contribution in [2.75, 3.05) is 32.5 Å². The van der Waals surface area contributed by atoms with E-state index in [9.17, 15) is 0 Å². The Bertz CT molecular complexity index is 297. The molecule has 0 spiro atoms. The van der Waals surface area contributed by atoms with Crippen LogP contribution in [-0.4, -0.2) is 49.3 Å². The van der Waals surface area contributed by atoms with Crippen LogP contribution in [0, 0.1) is 0 Å². The highest BCUT2D eigenvalue weighted by Crippen LogP contribution is 2.36. The summed E-state index contributed by atoms with van der Waals surface area (Å²) in [4.78, 5) is 4.29. The number of hydrogen-bond acceptors (Lipinski definition) is 3. The molecule has 0 aromatic carbocycles. The van der Waals surface area contributed by atoms with Gasteiger partial charge in [0.05, 0.1) is 6.10 Å².